The van der Waals surface area contributed by atoms with Gasteiger partial charge in [0.15, 0.2) is 5.75 Å². The number of carboxylic acid groups (broad SMARTS) is 1. The smallest absolute Gasteiger partial charge is 0.312 e. The molecule has 9 atom stereocenters. The number of thioether (sulfide) groups is 1. The van der Waals surface area contributed by atoms with Crippen LogP contribution >= 0.6 is 11.8 Å². The molecule has 9 unspecified atom stereocenters. The van der Waals surface area contributed by atoms with E-state index in [4.69, 9.17) is 18.9 Å². The van der Waals surface area contributed by atoms with Crippen LogP contribution in [0.2, 0.25) is 0 Å². The maximum atomic E-state index is 14.3. The number of carboxylic acids is 1. The van der Waals surface area contributed by atoms with E-state index in [1.165, 1.54) is 53.0 Å². The second kappa shape index (κ2) is 17.6. The third-order valence-electron chi connectivity index (χ3n) is 10.5. The fourth-order valence-corrected chi connectivity index (χ4v) is 8.09. The van der Waals surface area contributed by atoms with Gasteiger partial charge in [0.25, 0.3) is 11.7 Å². The van der Waals surface area contributed by atoms with E-state index in [0.717, 1.165) is 18.0 Å². The van der Waals surface area contributed by atoms with Crippen LogP contribution in [0.5, 0.6) is 23.0 Å². The Morgan fingerprint density at radius 3 is 2.21 bits per heavy atom. The monoisotopic (exact) mass is 801 g/mol. The first-order chi connectivity index (χ1) is 26.2. The number of aliphatic hydroxyl groups is 2. The number of allylic oxidation sites excluding steroid dienone is 2. The van der Waals surface area contributed by atoms with Crippen molar-refractivity contribution in [3.05, 3.63) is 47.3 Å². The number of fused-ring (bicyclic) bond motifs is 14. The molecule has 0 fully saturated rings. The lowest BCUT2D eigenvalue weighted by Gasteiger charge is -2.38. The van der Waals surface area contributed by atoms with E-state index in [2.05, 4.69) is 5.32 Å². The van der Waals surface area contributed by atoms with E-state index in [0.29, 0.717) is 0 Å². The zero-order valence-electron chi connectivity index (χ0n) is 32.8. The minimum absolute atomic E-state index is 0.00726. The number of methoxy groups -OCH3 is 1. The first-order valence-electron chi connectivity index (χ1n) is 18.1. The fourth-order valence-electron chi connectivity index (χ4n) is 7.08. The molecule has 3 heterocycles. The van der Waals surface area contributed by atoms with Crippen LogP contribution < -0.4 is 10.1 Å². The molecule has 2 aromatic carbocycles. The lowest BCUT2D eigenvalue weighted by Crippen LogP contribution is -2.46. The average Bonchev–Trinajstić information content (AvgIpc) is 3.41. The molecule has 0 saturated carbocycles. The summed E-state index contributed by atoms with van der Waals surface area (Å²) in [6, 6.07) is 0. The summed E-state index contributed by atoms with van der Waals surface area (Å²) in [6.07, 6.45) is 2.89. The molecule has 16 heteroatoms. The van der Waals surface area contributed by atoms with E-state index in [9.17, 15) is 49.8 Å². The Morgan fingerprint density at radius 1 is 0.946 bits per heavy atom. The van der Waals surface area contributed by atoms with E-state index in [-0.39, 0.29) is 56.0 Å². The predicted octanol–water partition coefficient (Wildman–Crippen LogP) is 5.32. The van der Waals surface area contributed by atoms with Gasteiger partial charge in [-0.15, -0.1) is 11.8 Å². The van der Waals surface area contributed by atoms with Crippen molar-refractivity contribution in [2.45, 2.75) is 96.9 Å². The number of amides is 1. The molecule has 3 aliphatic rings. The number of esters is 1. The van der Waals surface area contributed by atoms with E-state index < -0.39 is 94.8 Å². The third-order valence-corrected chi connectivity index (χ3v) is 11.6. The van der Waals surface area contributed by atoms with Crippen LogP contribution in [0.3, 0.4) is 0 Å². The molecule has 5 bridgehead atoms. The zero-order chi connectivity index (χ0) is 42.0. The Kier molecular flexibility index (Phi) is 13.8. The summed E-state index contributed by atoms with van der Waals surface area (Å²) < 4.78 is 23.3. The molecule has 7 N–H and O–H groups in total. The Morgan fingerprint density at radius 2 is 1.61 bits per heavy atom. The number of hydrogen-bond acceptors (Lipinski definition) is 14. The van der Waals surface area contributed by atoms with E-state index >= 15 is 0 Å². The van der Waals surface area contributed by atoms with Crippen molar-refractivity contribution in [1.82, 2.24) is 0 Å². The van der Waals surface area contributed by atoms with Gasteiger partial charge in [0.2, 0.25) is 0 Å². The van der Waals surface area contributed by atoms with Gasteiger partial charge in [0, 0.05) is 66.9 Å². The average molecular weight is 802 g/mol. The summed E-state index contributed by atoms with van der Waals surface area (Å²) in [5, 5.41) is 68.8. The fraction of sp³-hybridized carbons (Fsp3) is 0.500. The van der Waals surface area contributed by atoms with Gasteiger partial charge in [-0.05, 0) is 19.9 Å². The number of benzene rings is 2. The summed E-state index contributed by atoms with van der Waals surface area (Å²) in [5.41, 5.74) is -0.457. The molecule has 306 valence electrons. The number of aliphatic hydroxyl groups excluding tert-OH is 2. The molecular formula is C40H51NO14S. The van der Waals surface area contributed by atoms with Crippen molar-refractivity contribution >= 4 is 51.9 Å². The number of aromatic hydroxyl groups is 3. The molecule has 5 rings (SSSR count). The summed E-state index contributed by atoms with van der Waals surface area (Å²) in [6.45, 7) is 12.2. The Labute approximate surface area is 329 Å². The minimum Gasteiger partial charge on any atom is -0.507 e. The lowest BCUT2D eigenvalue weighted by atomic mass is 9.78. The number of Topliss-reactive ketones (excluding diaryl/α,β-unsaturated/α-hetero) is 1. The van der Waals surface area contributed by atoms with Crippen molar-refractivity contribution in [1.29, 1.82) is 0 Å². The van der Waals surface area contributed by atoms with Gasteiger partial charge in [-0.25, -0.2) is 0 Å². The summed E-state index contributed by atoms with van der Waals surface area (Å²) in [7, 11) is 1.41. The summed E-state index contributed by atoms with van der Waals surface area (Å²) in [5.74, 6) is -10.1. The number of ether oxygens (including phenoxy) is 4. The number of nitrogens with one attached hydrogen (secondary N) is 1. The normalized spacial score (nSPS) is 28.8. The molecule has 2 aromatic rings. The highest BCUT2D eigenvalue weighted by Crippen LogP contribution is 2.57. The van der Waals surface area contributed by atoms with Gasteiger partial charge in [0.05, 0.1) is 46.8 Å². The van der Waals surface area contributed by atoms with Gasteiger partial charge in [-0.3, -0.25) is 19.2 Å². The standard InChI is InChI=1S/C40H51NO14S/c1-17-11-10-12-18(2)39(51)41-29-33(48)27-26(34(49)37(29)56-16-14-25(43)44)28-36(22(6)32(27)47)55-40(8,38(28)50)53-15-13-24(52-9)19(3)35(54-23(7)42)21(5)31(46)20(4)30(17)45/h10-13,15,17,19-21,24,30-31,35,45-49H,14,16H2,1-9H3,(H,41,51)(H,43,44). The number of ketones is 1. The van der Waals surface area contributed by atoms with Crippen molar-refractivity contribution < 1.29 is 68.8 Å². The topological polar surface area (TPSA) is 239 Å². The molecule has 0 spiro atoms. The van der Waals surface area contributed by atoms with Crippen molar-refractivity contribution in [3.63, 3.8) is 0 Å². The number of rotatable bonds is 6. The Hall–Kier alpha value is -4.77. The first-order valence-corrected chi connectivity index (χ1v) is 19.1. The van der Waals surface area contributed by atoms with Crippen LogP contribution in [0.1, 0.15) is 70.8 Å². The number of carbonyl (C=O) groups excluding carboxylic acids is 3. The van der Waals surface area contributed by atoms with Crippen molar-refractivity contribution in [2.24, 2.45) is 23.7 Å². The second-order valence-electron chi connectivity index (χ2n) is 14.5. The highest BCUT2D eigenvalue weighted by Gasteiger charge is 2.50. The number of phenols is 3. The molecule has 0 aliphatic carbocycles. The van der Waals surface area contributed by atoms with Crippen LogP contribution in [0, 0.1) is 30.6 Å². The highest BCUT2D eigenvalue weighted by molar-refractivity contribution is 7.99. The minimum atomic E-state index is -2.08. The van der Waals surface area contributed by atoms with Crippen LogP contribution in [0.25, 0.3) is 10.8 Å². The van der Waals surface area contributed by atoms with Gasteiger partial charge in [-0.1, -0.05) is 45.9 Å². The van der Waals surface area contributed by atoms with Crippen molar-refractivity contribution in [3.8, 4) is 23.0 Å². The number of phenolic OH excluding ortho intramolecular Hbond substituents is 3. The van der Waals surface area contributed by atoms with Crippen LogP contribution in [0.4, 0.5) is 5.69 Å². The zero-order valence-corrected chi connectivity index (χ0v) is 33.6. The van der Waals surface area contributed by atoms with Gasteiger partial charge < -0.3 is 54.9 Å². The third kappa shape index (κ3) is 8.62. The van der Waals surface area contributed by atoms with Crippen LogP contribution in [0.15, 0.2) is 41.0 Å². The SMILES string of the molecule is COC1C=COC2(C)Oc3c(C)c(O)c4c(O)c(c(SCCC(=O)O)c(O)c4c3C2=O)NC(=O)C(C)=CC=CC(C)C(O)C(C)C(O)C(C)C(OC(C)=O)C1C. The number of hydrogen-bond donors (Lipinski definition) is 7. The maximum absolute atomic E-state index is 14.3. The van der Waals surface area contributed by atoms with Crippen molar-refractivity contribution in [2.75, 3.05) is 18.2 Å². The summed E-state index contributed by atoms with van der Waals surface area (Å²) in [4.78, 5) is 51.3. The molecule has 0 radical (unpaired) electrons. The summed E-state index contributed by atoms with van der Waals surface area (Å²) >= 11 is 0.794. The molecular weight excluding hydrogens is 750 g/mol. The van der Waals surface area contributed by atoms with E-state index in [1.807, 2.05) is 0 Å². The lowest BCUT2D eigenvalue weighted by molar-refractivity contribution is -0.160. The highest BCUT2D eigenvalue weighted by atomic mass is 32.2. The molecule has 15 nitrogen and oxygen atoms in total. The van der Waals surface area contributed by atoms with Crippen LogP contribution in [-0.2, 0) is 28.6 Å². The number of carbonyl (C=O) groups is 4. The molecule has 56 heavy (non-hydrogen) atoms. The quantitative estimate of drug-likeness (QED) is 0.0847. The van der Waals surface area contributed by atoms with Crippen LogP contribution in [-0.4, -0.2) is 97.3 Å². The van der Waals surface area contributed by atoms with Gasteiger partial charge in [-0.2, -0.15) is 0 Å². The largest absolute Gasteiger partial charge is 0.507 e. The predicted molar refractivity (Wildman–Crippen MR) is 207 cm³/mol. The number of anilines is 1. The molecule has 1 amide bonds. The molecule has 3 aliphatic heterocycles. The molecule has 0 saturated heterocycles. The second-order valence-corrected chi connectivity index (χ2v) is 15.6. The van der Waals surface area contributed by atoms with E-state index in [1.54, 1.807) is 33.8 Å². The Bertz CT molecular complexity index is 1970. The molecule has 0 aromatic heterocycles. The maximum Gasteiger partial charge on any atom is 0.312 e. The van der Waals surface area contributed by atoms with Gasteiger partial charge >= 0.3 is 17.7 Å². The first kappa shape index (κ1) is 44.0. The Balaban J connectivity index is 1.96. The number of aliphatic carboxylic acids is 1. The van der Waals surface area contributed by atoms with Gasteiger partial charge in [0.1, 0.15) is 29.0 Å².